The van der Waals surface area contributed by atoms with E-state index in [1.807, 2.05) is 32.0 Å². The molecule has 1 N–H and O–H groups in total. The van der Waals surface area contributed by atoms with Gasteiger partial charge in [-0.15, -0.1) is 0 Å². The van der Waals surface area contributed by atoms with Crippen LogP contribution in [0.25, 0.3) is 0 Å². The average molecular weight is 333 g/mol. The first-order valence-corrected chi connectivity index (χ1v) is 8.40. The lowest BCUT2D eigenvalue weighted by Gasteiger charge is -2.35. The molecule has 1 aliphatic rings. The monoisotopic (exact) mass is 333 g/mol. The molecule has 1 unspecified atom stereocenters. The Balaban J connectivity index is 1.82. The van der Waals surface area contributed by atoms with Gasteiger partial charge in [0.15, 0.2) is 0 Å². The molecule has 1 atom stereocenters. The number of amides is 2. The van der Waals surface area contributed by atoms with E-state index < -0.39 is 12.0 Å². The Kier molecular flexibility index (Phi) is 6.61. The van der Waals surface area contributed by atoms with Gasteiger partial charge >= 0.3 is 12.0 Å². The Morgan fingerprint density at radius 2 is 1.75 bits per heavy atom. The molecule has 0 aromatic heterocycles. The topological polar surface area (TPSA) is 61.9 Å². The molecule has 1 aromatic carbocycles. The van der Waals surface area contributed by atoms with Crippen LogP contribution in [0.15, 0.2) is 30.3 Å². The van der Waals surface area contributed by atoms with Crippen LogP contribution in [0.1, 0.15) is 19.4 Å². The minimum Gasteiger partial charge on any atom is -0.467 e. The van der Waals surface area contributed by atoms with Crippen molar-refractivity contribution in [2.75, 3.05) is 33.3 Å². The molecule has 6 heteroatoms. The summed E-state index contributed by atoms with van der Waals surface area (Å²) < 4.78 is 4.76. The van der Waals surface area contributed by atoms with E-state index in [4.69, 9.17) is 4.74 Å². The summed E-state index contributed by atoms with van der Waals surface area (Å²) in [4.78, 5) is 28.2. The van der Waals surface area contributed by atoms with Crippen molar-refractivity contribution in [3.8, 4) is 0 Å². The predicted octanol–water partition coefficient (Wildman–Crippen LogP) is 1.71. The number of benzene rings is 1. The largest absolute Gasteiger partial charge is 0.467 e. The van der Waals surface area contributed by atoms with E-state index in [1.54, 1.807) is 4.90 Å². The number of urea groups is 1. The van der Waals surface area contributed by atoms with Crippen LogP contribution in [-0.2, 0) is 16.1 Å². The van der Waals surface area contributed by atoms with Crippen LogP contribution in [0.3, 0.4) is 0 Å². The molecule has 132 valence electrons. The fraction of sp³-hybridized carbons (Fsp3) is 0.556. The zero-order chi connectivity index (χ0) is 17.5. The van der Waals surface area contributed by atoms with E-state index in [0.717, 1.165) is 19.6 Å². The highest BCUT2D eigenvalue weighted by Crippen LogP contribution is 2.10. The molecule has 1 aromatic rings. The minimum absolute atomic E-state index is 0.0132. The van der Waals surface area contributed by atoms with Crippen LogP contribution in [0.2, 0.25) is 0 Å². The number of ether oxygens (including phenoxy) is 1. The normalized spacial score (nSPS) is 16.8. The van der Waals surface area contributed by atoms with Gasteiger partial charge in [-0.2, -0.15) is 0 Å². The molecule has 0 saturated carbocycles. The number of carbonyl (C=O) groups excluding carboxylic acids is 2. The van der Waals surface area contributed by atoms with Crippen molar-refractivity contribution in [2.45, 2.75) is 26.4 Å². The molecule has 1 saturated heterocycles. The second-order valence-corrected chi connectivity index (χ2v) is 6.44. The highest BCUT2D eigenvalue weighted by Gasteiger charge is 2.28. The van der Waals surface area contributed by atoms with E-state index in [2.05, 4.69) is 22.3 Å². The highest BCUT2D eigenvalue weighted by atomic mass is 16.5. The van der Waals surface area contributed by atoms with Crippen LogP contribution < -0.4 is 5.32 Å². The molecule has 0 radical (unpaired) electrons. The number of methoxy groups -OCH3 is 1. The van der Waals surface area contributed by atoms with Crippen molar-refractivity contribution in [3.05, 3.63) is 35.9 Å². The molecule has 0 spiro atoms. The summed E-state index contributed by atoms with van der Waals surface area (Å²) in [6.07, 6.45) is 0. The zero-order valence-electron chi connectivity index (χ0n) is 14.7. The number of hydrogen-bond acceptors (Lipinski definition) is 4. The van der Waals surface area contributed by atoms with E-state index in [1.165, 1.54) is 12.7 Å². The summed E-state index contributed by atoms with van der Waals surface area (Å²) >= 11 is 0. The third kappa shape index (κ3) is 4.96. The van der Waals surface area contributed by atoms with Gasteiger partial charge in [0.25, 0.3) is 0 Å². The Labute approximate surface area is 143 Å². The van der Waals surface area contributed by atoms with Crippen LogP contribution >= 0.6 is 0 Å². The van der Waals surface area contributed by atoms with E-state index in [0.29, 0.717) is 13.1 Å². The lowest BCUT2D eigenvalue weighted by molar-refractivity contribution is -0.144. The first-order chi connectivity index (χ1) is 11.5. The first kappa shape index (κ1) is 18.3. The zero-order valence-corrected chi connectivity index (χ0v) is 14.7. The lowest BCUT2D eigenvalue weighted by Crippen LogP contribution is -2.55. The molecule has 24 heavy (non-hydrogen) atoms. The standard InChI is InChI=1S/C18H27N3O3/c1-14(2)16(17(22)24-3)19-18(23)21-11-9-20(10-12-21)13-15-7-5-4-6-8-15/h4-8,14,16H,9-13H2,1-3H3,(H,19,23). The van der Waals surface area contributed by atoms with Crippen LogP contribution in [0, 0.1) is 5.92 Å². The van der Waals surface area contributed by atoms with Crippen molar-refractivity contribution in [3.63, 3.8) is 0 Å². The van der Waals surface area contributed by atoms with Crippen molar-refractivity contribution < 1.29 is 14.3 Å². The summed E-state index contributed by atoms with van der Waals surface area (Å²) in [5.41, 5.74) is 1.28. The number of hydrogen-bond donors (Lipinski definition) is 1. The van der Waals surface area contributed by atoms with Crippen LogP contribution in [0.5, 0.6) is 0 Å². The maximum atomic E-state index is 12.4. The summed E-state index contributed by atoms with van der Waals surface area (Å²) in [5.74, 6) is -0.415. The van der Waals surface area contributed by atoms with Gasteiger partial charge in [0.2, 0.25) is 0 Å². The molecule has 1 heterocycles. The maximum Gasteiger partial charge on any atom is 0.328 e. The Morgan fingerprint density at radius 1 is 1.12 bits per heavy atom. The Morgan fingerprint density at radius 3 is 2.29 bits per heavy atom. The minimum atomic E-state index is -0.607. The van der Waals surface area contributed by atoms with E-state index in [9.17, 15) is 9.59 Å². The Bertz CT molecular complexity index is 540. The van der Waals surface area contributed by atoms with Gasteiger partial charge in [-0.1, -0.05) is 44.2 Å². The number of esters is 1. The van der Waals surface area contributed by atoms with Crippen LogP contribution in [0.4, 0.5) is 4.79 Å². The third-order valence-corrected chi connectivity index (χ3v) is 4.31. The van der Waals surface area contributed by atoms with Gasteiger partial charge in [0.1, 0.15) is 6.04 Å². The molecule has 6 nitrogen and oxygen atoms in total. The van der Waals surface area contributed by atoms with Gasteiger partial charge < -0.3 is 15.0 Å². The Hall–Kier alpha value is -2.08. The second-order valence-electron chi connectivity index (χ2n) is 6.44. The summed E-state index contributed by atoms with van der Waals surface area (Å²) in [6, 6.07) is 9.52. The van der Waals surface area contributed by atoms with Crippen LogP contribution in [-0.4, -0.2) is 61.1 Å². The number of nitrogens with one attached hydrogen (secondary N) is 1. The molecule has 1 aliphatic heterocycles. The lowest BCUT2D eigenvalue weighted by atomic mass is 10.1. The summed E-state index contributed by atoms with van der Waals surface area (Å²) in [6.45, 7) is 7.64. The molecule has 1 fully saturated rings. The maximum absolute atomic E-state index is 12.4. The molecule has 2 amide bonds. The highest BCUT2D eigenvalue weighted by molar-refractivity contribution is 5.83. The molecular weight excluding hydrogens is 306 g/mol. The summed E-state index contributed by atoms with van der Waals surface area (Å²) in [7, 11) is 1.34. The van der Waals surface area contributed by atoms with Gasteiger partial charge in [0, 0.05) is 32.7 Å². The first-order valence-electron chi connectivity index (χ1n) is 8.40. The smallest absolute Gasteiger partial charge is 0.328 e. The fourth-order valence-corrected chi connectivity index (χ4v) is 2.80. The number of rotatable bonds is 5. The van der Waals surface area contributed by atoms with Gasteiger partial charge in [-0.3, -0.25) is 4.90 Å². The number of carbonyl (C=O) groups is 2. The predicted molar refractivity (Wildman–Crippen MR) is 92.5 cm³/mol. The van der Waals surface area contributed by atoms with Gasteiger partial charge in [0.05, 0.1) is 7.11 Å². The third-order valence-electron chi connectivity index (χ3n) is 4.31. The van der Waals surface area contributed by atoms with E-state index >= 15 is 0 Å². The summed E-state index contributed by atoms with van der Waals surface area (Å²) in [5, 5.41) is 2.80. The van der Waals surface area contributed by atoms with Crippen molar-refractivity contribution in [2.24, 2.45) is 5.92 Å². The second kappa shape index (κ2) is 8.68. The van der Waals surface area contributed by atoms with Crippen molar-refractivity contribution in [1.82, 2.24) is 15.1 Å². The van der Waals surface area contributed by atoms with Gasteiger partial charge in [-0.05, 0) is 11.5 Å². The molecule has 0 aliphatic carbocycles. The number of piperazine rings is 1. The molecular formula is C18H27N3O3. The SMILES string of the molecule is COC(=O)C(NC(=O)N1CCN(Cc2ccccc2)CC1)C(C)C. The van der Waals surface area contributed by atoms with Crippen molar-refractivity contribution >= 4 is 12.0 Å². The number of nitrogens with zero attached hydrogens (tertiary/aromatic N) is 2. The molecule has 2 rings (SSSR count). The average Bonchev–Trinajstić information content (AvgIpc) is 2.60. The van der Waals surface area contributed by atoms with Crippen molar-refractivity contribution in [1.29, 1.82) is 0 Å². The quantitative estimate of drug-likeness (QED) is 0.834. The fourth-order valence-electron chi connectivity index (χ4n) is 2.80. The molecule has 0 bridgehead atoms. The van der Waals surface area contributed by atoms with Gasteiger partial charge in [-0.25, -0.2) is 9.59 Å². The van der Waals surface area contributed by atoms with E-state index in [-0.39, 0.29) is 11.9 Å².